The number of carbonyl (C=O) groups excluding carboxylic acids is 1. The molecule has 0 aliphatic rings. The van der Waals surface area contributed by atoms with Gasteiger partial charge < -0.3 is 15.4 Å². The summed E-state index contributed by atoms with van der Waals surface area (Å²) in [5, 5.41) is 11.8. The first-order chi connectivity index (χ1) is 7.81. The molecule has 1 heterocycles. The van der Waals surface area contributed by atoms with Crippen molar-refractivity contribution in [2.75, 3.05) is 5.32 Å². The third-order valence-corrected chi connectivity index (χ3v) is 2.28. The highest BCUT2D eigenvalue weighted by Gasteiger charge is 2.08. The van der Waals surface area contributed by atoms with Gasteiger partial charge in [-0.05, 0) is 18.2 Å². The van der Waals surface area contributed by atoms with Crippen LogP contribution < -0.4 is 5.32 Å². The number of aromatic nitrogens is 1. The van der Waals surface area contributed by atoms with E-state index in [9.17, 15) is 4.79 Å². The summed E-state index contributed by atoms with van der Waals surface area (Å²) in [5.74, 6) is -0.217. The van der Waals surface area contributed by atoms with Crippen molar-refractivity contribution in [2.24, 2.45) is 0 Å². The van der Waals surface area contributed by atoms with Crippen LogP contribution in [0.5, 0.6) is 0 Å². The smallest absolute Gasteiger partial charge is 0.272 e. The van der Waals surface area contributed by atoms with Gasteiger partial charge in [0.1, 0.15) is 5.69 Å². The molecule has 0 saturated heterocycles. The molecule has 0 unspecified atom stereocenters. The molecule has 1 aromatic heterocycles. The Bertz CT molecular complexity index is 478. The van der Waals surface area contributed by atoms with Gasteiger partial charge in [-0.3, -0.25) is 4.79 Å². The molecule has 4 heteroatoms. The van der Waals surface area contributed by atoms with Crippen molar-refractivity contribution in [3.8, 4) is 0 Å². The molecule has 0 spiro atoms. The number of benzene rings is 1. The molecule has 0 bridgehead atoms. The molecule has 16 heavy (non-hydrogen) atoms. The van der Waals surface area contributed by atoms with Crippen molar-refractivity contribution in [1.29, 1.82) is 0 Å². The van der Waals surface area contributed by atoms with Crippen LogP contribution in [0.25, 0.3) is 0 Å². The van der Waals surface area contributed by atoms with Gasteiger partial charge in [-0.15, -0.1) is 0 Å². The topological polar surface area (TPSA) is 65.1 Å². The Balaban J connectivity index is 2.18. The second-order valence-electron chi connectivity index (χ2n) is 3.35. The van der Waals surface area contributed by atoms with Gasteiger partial charge in [-0.25, -0.2) is 0 Å². The largest absolute Gasteiger partial charge is 0.392 e. The van der Waals surface area contributed by atoms with Crippen LogP contribution in [0.3, 0.4) is 0 Å². The highest BCUT2D eigenvalue weighted by molar-refractivity contribution is 6.03. The van der Waals surface area contributed by atoms with E-state index in [4.69, 9.17) is 5.11 Å². The molecule has 0 fully saturated rings. The third-order valence-electron chi connectivity index (χ3n) is 2.28. The number of hydrogen-bond acceptors (Lipinski definition) is 2. The summed E-state index contributed by atoms with van der Waals surface area (Å²) >= 11 is 0. The van der Waals surface area contributed by atoms with Crippen LogP contribution in [0.15, 0.2) is 42.6 Å². The fourth-order valence-corrected chi connectivity index (χ4v) is 1.44. The minimum absolute atomic E-state index is 0.0961. The average Bonchev–Trinajstić information content (AvgIpc) is 2.83. The number of H-pyrrole nitrogens is 1. The minimum Gasteiger partial charge on any atom is -0.392 e. The summed E-state index contributed by atoms with van der Waals surface area (Å²) in [6.07, 6.45) is 1.69. The Morgan fingerprint density at radius 3 is 2.75 bits per heavy atom. The molecule has 82 valence electrons. The van der Waals surface area contributed by atoms with Crippen LogP contribution in [0.2, 0.25) is 0 Å². The molecular weight excluding hydrogens is 204 g/mol. The lowest BCUT2D eigenvalue weighted by Gasteiger charge is -2.07. The standard InChI is InChI=1S/C12H12N2O2/c15-8-9-4-1-2-5-10(9)14-12(16)11-6-3-7-13-11/h1-7,13,15H,8H2,(H,14,16). The summed E-state index contributed by atoms with van der Waals surface area (Å²) in [7, 11) is 0. The maximum atomic E-state index is 11.7. The number of amides is 1. The van der Waals surface area contributed by atoms with E-state index < -0.39 is 0 Å². The SMILES string of the molecule is O=C(Nc1ccccc1CO)c1ccc[nH]1. The molecule has 2 rings (SSSR count). The Labute approximate surface area is 92.9 Å². The van der Waals surface area contributed by atoms with Crippen molar-refractivity contribution >= 4 is 11.6 Å². The van der Waals surface area contributed by atoms with Gasteiger partial charge in [-0.2, -0.15) is 0 Å². The number of rotatable bonds is 3. The molecule has 1 amide bonds. The van der Waals surface area contributed by atoms with Gasteiger partial charge in [0, 0.05) is 17.4 Å². The number of anilines is 1. The zero-order chi connectivity index (χ0) is 11.4. The number of aliphatic hydroxyl groups is 1. The summed E-state index contributed by atoms with van der Waals surface area (Å²) in [5.41, 5.74) is 1.82. The van der Waals surface area contributed by atoms with Crippen molar-refractivity contribution in [3.05, 3.63) is 53.9 Å². The lowest BCUT2D eigenvalue weighted by atomic mass is 10.2. The Morgan fingerprint density at radius 2 is 2.06 bits per heavy atom. The average molecular weight is 216 g/mol. The van der Waals surface area contributed by atoms with Crippen molar-refractivity contribution in [3.63, 3.8) is 0 Å². The van der Waals surface area contributed by atoms with Gasteiger partial charge in [0.05, 0.1) is 6.61 Å². The van der Waals surface area contributed by atoms with Gasteiger partial charge in [0.2, 0.25) is 0 Å². The maximum absolute atomic E-state index is 11.7. The van der Waals surface area contributed by atoms with Crippen LogP contribution in [0.1, 0.15) is 16.1 Å². The molecule has 0 aliphatic carbocycles. The van der Waals surface area contributed by atoms with E-state index in [1.807, 2.05) is 12.1 Å². The first-order valence-electron chi connectivity index (χ1n) is 4.95. The molecule has 0 saturated carbocycles. The normalized spacial score (nSPS) is 10.1. The number of hydrogen-bond donors (Lipinski definition) is 3. The molecule has 0 radical (unpaired) electrons. The third kappa shape index (κ3) is 2.12. The van der Waals surface area contributed by atoms with E-state index >= 15 is 0 Å². The highest BCUT2D eigenvalue weighted by Crippen LogP contribution is 2.15. The van der Waals surface area contributed by atoms with Crippen LogP contribution in [-0.4, -0.2) is 16.0 Å². The van der Waals surface area contributed by atoms with E-state index in [0.29, 0.717) is 16.9 Å². The van der Waals surface area contributed by atoms with Gasteiger partial charge in [0.15, 0.2) is 0 Å². The van der Waals surface area contributed by atoms with Gasteiger partial charge >= 0.3 is 0 Å². The van der Waals surface area contributed by atoms with Crippen molar-refractivity contribution in [2.45, 2.75) is 6.61 Å². The van der Waals surface area contributed by atoms with Gasteiger partial charge in [0.25, 0.3) is 5.91 Å². The summed E-state index contributed by atoms with van der Waals surface area (Å²) in [4.78, 5) is 14.5. The number of nitrogens with one attached hydrogen (secondary N) is 2. The zero-order valence-corrected chi connectivity index (χ0v) is 8.60. The highest BCUT2D eigenvalue weighted by atomic mass is 16.3. The predicted octanol–water partition coefficient (Wildman–Crippen LogP) is 1.76. The fourth-order valence-electron chi connectivity index (χ4n) is 1.44. The van der Waals surface area contributed by atoms with E-state index in [1.54, 1.807) is 30.5 Å². The second-order valence-corrected chi connectivity index (χ2v) is 3.35. The maximum Gasteiger partial charge on any atom is 0.272 e. The lowest BCUT2D eigenvalue weighted by molar-refractivity contribution is 0.102. The Kier molecular flexibility index (Phi) is 3.03. The first kappa shape index (κ1) is 10.4. The summed E-state index contributed by atoms with van der Waals surface area (Å²) in [6.45, 7) is -0.0961. The van der Waals surface area contributed by atoms with Crippen LogP contribution >= 0.6 is 0 Å². The van der Waals surface area contributed by atoms with E-state index in [2.05, 4.69) is 10.3 Å². The number of aliphatic hydroxyl groups excluding tert-OH is 1. The zero-order valence-electron chi connectivity index (χ0n) is 8.60. The number of carbonyl (C=O) groups is 1. The molecule has 0 atom stereocenters. The van der Waals surface area contributed by atoms with E-state index in [-0.39, 0.29) is 12.5 Å². The predicted molar refractivity (Wildman–Crippen MR) is 61.1 cm³/mol. The molecule has 4 nitrogen and oxygen atoms in total. The number of para-hydroxylation sites is 1. The van der Waals surface area contributed by atoms with Gasteiger partial charge in [-0.1, -0.05) is 18.2 Å². The van der Waals surface area contributed by atoms with E-state index in [1.165, 1.54) is 0 Å². The number of aromatic amines is 1. The Hall–Kier alpha value is -2.07. The van der Waals surface area contributed by atoms with Crippen molar-refractivity contribution in [1.82, 2.24) is 4.98 Å². The lowest BCUT2D eigenvalue weighted by Crippen LogP contribution is -2.13. The minimum atomic E-state index is -0.217. The first-order valence-corrected chi connectivity index (χ1v) is 4.95. The quantitative estimate of drug-likeness (QED) is 0.732. The monoisotopic (exact) mass is 216 g/mol. The van der Waals surface area contributed by atoms with Crippen LogP contribution in [0, 0.1) is 0 Å². The molecular formula is C12H12N2O2. The van der Waals surface area contributed by atoms with Crippen LogP contribution in [0.4, 0.5) is 5.69 Å². The van der Waals surface area contributed by atoms with E-state index in [0.717, 1.165) is 0 Å². The van der Waals surface area contributed by atoms with Crippen LogP contribution in [-0.2, 0) is 6.61 Å². The fraction of sp³-hybridized carbons (Fsp3) is 0.0833. The van der Waals surface area contributed by atoms with Crippen molar-refractivity contribution < 1.29 is 9.90 Å². The molecule has 1 aromatic carbocycles. The molecule has 0 aliphatic heterocycles. The second kappa shape index (κ2) is 4.63. The summed E-state index contributed by atoms with van der Waals surface area (Å²) in [6, 6.07) is 10.6. The Morgan fingerprint density at radius 1 is 1.25 bits per heavy atom. The molecule has 2 aromatic rings. The summed E-state index contributed by atoms with van der Waals surface area (Å²) < 4.78 is 0. The molecule has 3 N–H and O–H groups in total.